The molecule has 0 atom stereocenters. The van der Waals surface area contributed by atoms with E-state index in [9.17, 15) is 0 Å². The van der Waals surface area contributed by atoms with Gasteiger partial charge in [0.05, 0.1) is 18.1 Å². The van der Waals surface area contributed by atoms with Gasteiger partial charge >= 0.3 is 0 Å². The Bertz CT molecular complexity index is 237. The lowest BCUT2D eigenvalue weighted by atomic mass is 9.82. The molecule has 1 aliphatic rings. The molecule has 0 spiro atoms. The summed E-state index contributed by atoms with van der Waals surface area (Å²) in [6.45, 7) is 11.2. The maximum absolute atomic E-state index is 9.02. The highest BCUT2D eigenvalue weighted by Crippen LogP contribution is 2.29. The average Bonchev–Trinajstić information content (AvgIpc) is 2.27. The molecule has 0 saturated carbocycles. The summed E-state index contributed by atoms with van der Waals surface area (Å²) >= 11 is 0. The summed E-state index contributed by atoms with van der Waals surface area (Å²) in [4.78, 5) is 2.40. The summed E-state index contributed by atoms with van der Waals surface area (Å²) in [6.07, 6.45) is 1.99. The van der Waals surface area contributed by atoms with Crippen molar-refractivity contribution in [2.24, 2.45) is 11.3 Å². The molecule has 3 nitrogen and oxygen atoms in total. The number of hydrogen-bond donors (Lipinski definition) is 0. The molecule has 16 heavy (non-hydrogen) atoms. The number of nitriles is 1. The number of hydrogen-bond acceptors (Lipinski definition) is 3. The highest BCUT2D eigenvalue weighted by molar-refractivity contribution is 4.98. The van der Waals surface area contributed by atoms with Gasteiger partial charge in [-0.05, 0) is 38.8 Å². The molecule has 0 unspecified atom stereocenters. The average molecular weight is 224 g/mol. The maximum Gasteiger partial charge on any atom is 0.0687 e. The van der Waals surface area contributed by atoms with Gasteiger partial charge in [-0.15, -0.1) is 0 Å². The van der Waals surface area contributed by atoms with E-state index in [1.165, 1.54) is 0 Å². The van der Waals surface area contributed by atoms with E-state index in [0.29, 0.717) is 5.92 Å². The molecule has 92 valence electrons. The van der Waals surface area contributed by atoms with E-state index in [0.717, 1.165) is 45.7 Å². The van der Waals surface area contributed by atoms with Crippen molar-refractivity contribution in [1.29, 1.82) is 5.26 Å². The SMILES string of the molecule is CC(C)COCCN1CCC(C)(C#N)CC1. The Kier molecular flexibility index (Phi) is 5.24. The molecular weight excluding hydrogens is 200 g/mol. The van der Waals surface area contributed by atoms with Crippen LogP contribution in [0.4, 0.5) is 0 Å². The molecule has 1 saturated heterocycles. The molecule has 0 aromatic carbocycles. The summed E-state index contributed by atoms with van der Waals surface area (Å²) in [7, 11) is 0. The highest BCUT2D eigenvalue weighted by atomic mass is 16.5. The van der Waals surface area contributed by atoms with Crippen LogP contribution in [0.15, 0.2) is 0 Å². The quantitative estimate of drug-likeness (QED) is 0.672. The second-order valence-electron chi connectivity index (χ2n) is 5.48. The van der Waals surface area contributed by atoms with Crippen LogP contribution in [0, 0.1) is 22.7 Å². The first-order chi connectivity index (χ1) is 7.56. The number of nitrogens with zero attached hydrogens (tertiary/aromatic N) is 2. The lowest BCUT2D eigenvalue weighted by Gasteiger charge is -2.34. The Labute approximate surface area is 99.4 Å². The summed E-state index contributed by atoms with van der Waals surface area (Å²) in [5.74, 6) is 0.614. The van der Waals surface area contributed by atoms with Gasteiger partial charge in [0.15, 0.2) is 0 Å². The van der Waals surface area contributed by atoms with Gasteiger partial charge in [0.2, 0.25) is 0 Å². The molecule has 3 heteroatoms. The third kappa shape index (κ3) is 4.51. The highest BCUT2D eigenvalue weighted by Gasteiger charge is 2.29. The van der Waals surface area contributed by atoms with Crippen molar-refractivity contribution < 1.29 is 4.74 Å². The van der Waals surface area contributed by atoms with Crippen LogP contribution in [0.3, 0.4) is 0 Å². The van der Waals surface area contributed by atoms with Crippen LogP contribution in [0.5, 0.6) is 0 Å². The molecular formula is C13H24N2O. The van der Waals surface area contributed by atoms with E-state index in [4.69, 9.17) is 10.00 Å². The third-order valence-electron chi connectivity index (χ3n) is 3.23. The van der Waals surface area contributed by atoms with Gasteiger partial charge in [0.1, 0.15) is 0 Å². The molecule has 0 bridgehead atoms. The van der Waals surface area contributed by atoms with Gasteiger partial charge in [-0.2, -0.15) is 5.26 Å². The van der Waals surface area contributed by atoms with Gasteiger partial charge in [-0.1, -0.05) is 13.8 Å². The van der Waals surface area contributed by atoms with Crippen molar-refractivity contribution in [3.05, 3.63) is 0 Å². The molecule has 1 heterocycles. The zero-order chi connectivity index (χ0) is 12.0. The summed E-state index contributed by atoms with van der Waals surface area (Å²) in [5.41, 5.74) is -0.0880. The van der Waals surface area contributed by atoms with E-state index in [-0.39, 0.29) is 5.41 Å². The van der Waals surface area contributed by atoms with Crippen molar-refractivity contribution in [3.63, 3.8) is 0 Å². The Balaban J connectivity index is 2.11. The minimum atomic E-state index is -0.0880. The monoisotopic (exact) mass is 224 g/mol. The fourth-order valence-electron chi connectivity index (χ4n) is 1.89. The molecule has 0 amide bonds. The third-order valence-corrected chi connectivity index (χ3v) is 3.23. The first-order valence-electron chi connectivity index (χ1n) is 6.27. The smallest absolute Gasteiger partial charge is 0.0687 e. The summed E-state index contributed by atoms with van der Waals surface area (Å²) < 4.78 is 5.57. The van der Waals surface area contributed by atoms with Gasteiger partial charge in [-0.25, -0.2) is 0 Å². The second kappa shape index (κ2) is 6.22. The van der Waals surface area contributed by atoms with Crippen LogP contribution in [-0.4, -0.2) is 37.7 Å². The minimum absolute atomic E-state index is 0.0880. The van der Waals surface area contributed by atoms with E-state index in [1.54, 1.807) is 0 Å². The van der Waals surface area contributed by atoms with E-state index >= 15 is 0 Å². The fraction of sp³-hybridized carbons (Fsp3) is 0.923. The molecule has 0 aromatic rings. The second-order valence-corrected chi connectivity index (χ2v) is 5.48. The largest absolute Gasteiger partial charge is 0.380 e. The number of likely N-dealkylation sites (tertiary alicyclic amines) is 1. The van der Waals surface area contributed by atoms with Crippen molar-refractivity contribution in [1.82, 2.24) is 4.90 Å². The molecule has 0 radical (unpaired) electrons. The van der Waals surface area contributed by atoms with E-state index in [2.05, 4.69) is 31.7 Å². The Morgan fingerprint density at radius 3 is 2.50 bits per heavy atom. The zero-order valence-electron chi connectivity index (χ0n) is 10.8. The minimum Gasteiger partial charge on any atom is -0.380 e. The topological polar surface area (TPSA) is 36.3 Å². The molecule has 1 fully saturated rings. The van der Waals surface area contributed by atoms with E-state index < -0.39 is 0 Å². The Morgan fingerprint density at radius 2 is 2.00 bits per heavy atom. The van der Waals surface area contributed by atoms with Gasteiger partial charge in [0, 0.05) is 13.2 Å². The standard InChI is InChI=1S/C13H24N2O/c1-12(2)10-16-9-8-15-6-4-13(3,11-14)5-7-15/h12H,4-10H2,1-3H3. The first-order valence-corrected chi connectivity index (χ1v) is 6.27. The number of rotatable bonds is 5. The summed E-state index contributed by atoms with van der Waals surface area (Å²) in [5, 5.41) is 9.02. The molecule has 1 rings (SSSR count). The maximum atomic E-state index is 9.02. The lowest BCUT2D eigenvalue weighted by Crippen LogP contribution is -2.39. The Hall–Kier alpha value is -0.590. The van der Waals surface area contributed by atoms with Gasteiger partial charge in [0.25, 0.3) is 0 Å². The lowest BCUT2D eigenvalue weighted by molar-refractivity contribution is 0.0687. The van der Waals surface area contributed by atoms with Gasteiger partial charge in [-0.3, -0.25) is 0 Å². The van der Waals surface area contributed by atoms with Crippen molar-refractivity contribution in [2.45, 2.75) is 33.6 Å². The van der Waals surface area contributed by atoms with Crippen molar-refractivity contribution in [3.8, 4) is 6.07 Å². The van der Waals surface area contributed by atoms with Gasteiger partial charge < -0.3 is 9.64 Å². The zero-order valence-corrected chi connectivity index (χ0v) is 10.8. The normalized spacial score (nSPS) is 20.9. The molecule has 0 aliphatic carbocycles. The van der Waals surface area contributed by atoms with Crippen LogP contribution in [-0.2, 0) is 4.74 Å². The van der Waals surface area contributed by atoms with Crippen LogP contribution in [0.1, 0.15) is 33.6 Å². The predicted octanol–water partition coefficient (Wildman–Crippen LogP) is 2.28. The fourth-order valence-corrected chi connectivity index (χ4v) is 1.89. The molecule has 0 N–H and O–H groups in total. The van der Waals surface area contributed by atoms with Crippen LogP contribution in [0.2, 0.25) is 0 Å². The van der Waals surface area contributed by atoms with Crippen LogP contribution < -0.4 is 0 Å². The predicted molar refractivity (Wildman–Crippen MR) is 65.1 cm³/mol. The molecule has 1 aliphatic heterocycles. The van der Waals surface area contributed by atoms with Crippen molar-refractivity contribution in [2.75, 3.05) is 32.8 Å². The number of piperidine rings is 1. The van der Waals surface area contributed by atoms with E-state index in [1.807, 2.05) is 0 Å². The Morgan fingerprint density at radius 1 is 1.38 bits per heavy atom. The first kappa shape index (κ1) is 13.5. The van der Waals surface area contributed by atoms with Crippen LogP contribution in [0.25, 0.3) is 0 Å². The summed E-state index contributed by atoms with van der Waals surface area (Å²) in [6, 6.07) is 2.43. The molecule has 0 aromatic heterocycles. The van der Waals surface area contributed by atoms with Crippen molar-refractivity contribution >= 4 is 0 Å². The van der Waals surface area contributed by atoms with Crippen LogP contribution >= 0.6 is 0 Å². The number of ether oxygens (including phenoxy) is 1.